The van der Waals surface area contributed by atoms with Crippen molar-refractivity contribution in [2.24, 2.45) is 21.7 Å². The number of nitrogens with zero attached hydrogens (tertiary/aromatic N) is 4. The maximum atomic E-state index is 12.5. The van der Waals surface area contributed by atoms with Crippen LogP contribution in [0.25, 0.3) is 11.1 Å². The largest absolute Gasteiger partial charge is 0.369 e. The van der Waals surface area contributed by atoms with Gasteiger partial charge in [-0.05, 0) is 42.3 Å². The third-order valence-electron chi connectivity index (χ3n) is 4.03. The molecule has 9 nitrogen and oxygen atoms in total. The van der Waals surface area contributed by atoms with Crippen LogP contribution in [-0.4, -0.2) is 27.5 Å². The summed E-state index contributed by atoms with van der Waals surface area (Å²) in [6, 6.07) is 14.3. The number of carbonyl (C=O) groups excluding carboxylic acids is 1. The van der Waals surface area contributed by atoms with Crippen molar-refractivity contribution in [3.05, 3.63) is 72.1 Å². The minimum Gasteiger partial charge on any atom is -0.369 e. The minimum absolute atomic E-state index is 0.108. The van der Waals surface area contributed by atoms with Crippen LogP contribution in [0.5, 0.6) is 0 Å². The van der Waals surface area contributed by atoms with Crippen LogP contribution in [0.1, 0.15) is 22.8 Å². The van der Waals surface area contributed by atoms with Crippen LogP contribution in [-0.2, 0) is 0 Å². The zero-order valence-corrected chi connectivity index (χ0v) is 15.7. The Morgan fingerprint density at radius 3 is 2.03 bits per heavy atom. The molecule has 7 N–H and O–H groups in total. The van der Waals surface area contributed by atoms with E-state index in [9.17, 15) is 4.79 Å². The molecule has 0 fully saturated rings. The molecule has 146 valence electrons. The first-order valence-electron chi connectivity index (χ1n) is 8.65. The van der Waals surface area contributed by atoms with Gasteiger partial charge in [0, 0.05) is 29.2 Å². The highest BCUT2D eigenvalue weighted by Gasteiger charge is 2.08. The molecule has 29 heavy (non-hydrogen) atoms. The van der Waals surface area contributed by atoms with Crippen LogP contribution in [0.2, 0.25) is 0 Å². The van der Waals surface area contributed by atoms with Gasteiger partial charge >= 0.3 is 0 Å². The Labute approximate surface area is 167 Å². The Bertz CT molecular complexity index is 1050. The van der Waals surface area contributed by atoms with Gasteiger partial charge in [0.2, 0.25) is 11.9 Å². The van der Waals surface area contributed by atoms with Gasteiger partial charge < -0.3 is 22.5 Å². The van der Waals surface area contributed by atoms with Gasteiger partial charge in [-0.1, -0.05) is 24.3 Å². The summed E-state index contributed by atoms with van der Waals surface area (Å²) in [6.45, 7) is 1.79. The molecule has 0 saturated carbocycles. The van der Waals surface area contributed by atoms with Gasteiger partial charge in [-0.15, -0.1) is 5.10 Å². The minimum atomic E-state index is -0.219. The molecule has 2 aromatic carbocycles. The highest BCUT2D eigenvalue weighted by atomic mass is 16.1. The van der Waals surface area contributed by atoms with E-state index < -0.39 is 0 Å². The number of nitrogens with one attached hydrogen (secondary N) is 1. The van der Waals surface area contributed by atoms with Gasteiger partial charge in [0.25, 0.3) is 5.91 Å². The van der Waals surface area contributed by atoms with Crippen LogP contribution in [0.4, 0.5) is 11.6 Å². The summed E-state index contributed by atoms with van der Waals surface area (Å²) in [5, 5.41) is 10.4. The highest BCUT2D eigenvalue weighted by Crippen LogP contribution is 2.19. The molecule has 1 amide bonds. The summed E-state index contributed by atoms with van der Waals surface area (Å²) >= 11 is 0. The van der Waals surface area contributed by atoms with E-state index in [1.807, 2.05) is 24.3 Å². The summed E-state index contributed by atoms with van der Waals surface area (Å²) in [4.78, 5) is 20.4. The second-order valence-electron chi connectivity index (χ2n) is 6.15. The number of rotatable bonds is 5. The normalized spacial score (nSPS) is 11.0. The molecule has 0 atom stereocenters. The van der Waals surface area contributed by atoms with E-state index in [1.54, 1.807) is 43.6 Å². The second kappa shape index (κ2) is 8.61. The zero-order chi connectivity index (χ0) is 20.8. The quantitative estimate of drug-likeness (QED) is 0.297. The Kier molecular flexibility index (Phi) is 5.79. The molecule has 1 aromatic heterocycles. The number of aromatic nitrogens is 2. The average molecular weight is 388 g/mol. The van der Waals surface area contributed by atoms with Crippen LogP contribution >= 0.6 is 0 Å². The topological polar surface area (TPSA) is 158 Å². The van der Waals surface area contributed by atoms with E-state index in [1.165, 1.54) is 0 Å². The van der Waals surface area contributed by atoms with Gasteiger partial charge in [0.15, 0.2) is 0 Å². The van der Waals surface area contributed by atoms with Crippen molar-refractivity contribution in [3.8, 4) is 11.1 Å². The van der Waals surface area contributed by atoms with Crippen molar-refractivity contribution in [3.63, 3.8) is 0 Å². The summed E-state index contributed by atoms with van der Waals surface area (Å²) in [7, 11) is 0. The smallest absolute Gasteiger partial charge is 0.255 e. The third-order valence-corrected chi connectivity index (χ3v) is 4.03. The molecule has 0 aliphatic heterocycles. The lowest BCUT2D eigenvalue weighted by Gasteiger charge is -2.07. The van der Waals surface area contributed by atoms with Crippen LogP contribution in [0.3, 0.4) is 0 Å². The zero-order valence-electron chi connectivity index (χ0n) is 15.7. The van der Waals surface area contributed by atoms with Gasteiger partial charge in [-0.3, -0.25) is 4.79 Å². The second-order valence-corrected chi connectivity index (χ2v) is 6.15. The molecule has 3 aromatic rings. The third kappa shape index (κ3) is 5.13. The summed E-state index contributed by atoms with van der Waals surface area (Å²) in [5.41, 5.74) is 20.4. The Morgan fingerprint density at radius 1 is 0.862 bits per heavy atom. The van der Waals surface area contributed by atoms with Crippen molar-refractivity contribution in [2.75, 3.05) is 11.1 Å². The Hall–Kier alpha value is -4.27. The number of hydrogen-bond acceptors (Lipinski definition) is 6. The average Bonchev–Trinajstić information content (AvgIpc) is 2.73. The molecule has 0 bridgehead atoms. The van der Waals surface area contributed by atoms with Crippen molar-refractivity contribution in [2.45, 2.75) is 6.92 Å². The van der Waals surface area contributed by atoms with Crippen molar-refractivity contribution >= 4 is 29.2 Å². The molecule has 0 aliphatic carbocycles. The number of nitrogen functional groups attached to an aromatic ring is 1. The molecular weight excluding hydrogens is 368 g/mol. The number of carbonyl (C=O) groups is 1. The molecule has 3 rings (SSSR count). The van der Waals surface area contributed by atoms with Crippen molar-refractivity contribution < 1.29 is 4.79 Å². The lowest BCUT2D eigenvalue weighted by atomic mass is 10.1. The number of nitrogens with two attached hydrogens (primary N) is 3. The van der Waals surface area contributed by atoms with Crippen molar-refractivity contribution in [1.29, 1.82) is 0 Å². The summed E-state index contributed by atoms with van der Waals surface area (Å²) < 4.78 is 0. The molecule has 1 heterocycles. The summed E-state index contributed by atoms with van der Waals surface area (Å²) in [6.07, 6.45) is 3.27. The van der Waals surface area contributed by atoms with Crippen LogP contribution in [0, 0.1) is 0 Å². The van der Waals surface area contributed by atoms with Crippen LogP contribution < -0.4 is 22.5 Å². The van der Waals surface area contributed by atoms with Crippen molar-refractivity contribution in [1.82, 2.24) is 9.97 Å². The van der Waals surface area contributed by atoms with Gasteiger partial charge in [0.05, 0.1) is 5.71 Å². The Morgan fingerprint density at radius 2 is 1.45 bits per heavy atom. The van der Waals surface area contributed by atoms with E-state index in [0.717, 1.165) is 16.7 Å². The fourth-order valence-electron chi connectivity index (χ4n) is 2.49. The number of guanidine groups is 1. The standard InChI is InChI=1S/C20H20N8O/c1-12(27-28-19(21)22)13-6-8-17(9-7-13)26-18(29)15-4-2-14(3-5-15)16-10-24-20(23)25-11-16/h2-11H,1H3,(H,26,29)(H4,21,22,28)(H2,23,24,25)/b27-12-. The SMILES string of the molecule is C/C(=N/N=C(N)N)c1ccc(NC(=O)c2ccc(-c3cnc(N)nc3)cc2)cc1. The van der Waals surface area contributed by atoms with E-state index in [-0.39, 0.29) is 17.8 Å². The number of benzene rings is 2. The number of amides is 1. The molecule has 0 radical (unpaired) electrons. The number of hydrogen-bond donors (Lipinski definition) is 4. The number of anilines is 2. The van der Waals surface area contributed by atoms with Crippen LogP contribution in [0.15, 0.2) is 71.1 Å². The Balaban J connectivity index is 1.67. The molecular formula is C20H20N8O. The fourth-order valence-corrected chi connectivity index (χ4v) is 2.49. The van der Waals surface area contributed by atoms with Gasteiger partial charge in [-0.2, -0.15) is 5.10 Å². The monoisotopic (exact) mass is 388 g/mol. The first-order chi connectivity index (χ1) is 13.9. The highest BCUT2D eigenvalue weighted by molar-refractivity contribution is 6.05. The summed E-state index contributed by atoms with van der Waals surface area (Å²) in [5.74, 6) is -0.111. The molecule has 0 spiro atoms. The molecule has 0 saturated heterocycles. The molecule has 0 unspecified atom stereocenters. The maximum absolute atomic E-state index is 12.5. The van der Waals surface area contributed by atoms with Gasteiger partial charge in [0.1, 0.15) is 0 Å². The van der Waals surface area contributed by atoms with E-state index in [0.29, 0.717) is 17.0 Å². The molecule has 9 heteroatoms. The fraction of sp³-hybridized carbons (Fsp3) is 0.0500. The predicted octanol–water partition coefficient (Wildman–Crippen LogP) is 1.98. The molecule has 0 aliphatic rings. The van der Waals surface area contributed by atoms with E-state index in [2.05, 4.69) is 25.5 Å². The van der Waals surface area contributed by atoms with E-state index in [4.69, 9.17) is 17.2 Å². The lowest BCUT2D eigenvalue weighted by molar-refractivity contribution is 0.102. The van der Waals surface area contributed by atoms with Gasteiger partial charge in [-0.25, -0.2) is 9.97 Å². The van der Waals surface area contributed by atoms with E-state index >= 15 is 0 Å². The maximum Gasteiger partial charge on any atom is 0.255 e. The lowest BCUT2D eigenvalue weighted by Crippen LogP contribution is -2.22. The first-order valence-corrected chi connectivity index (χ1v) is 8.65. The predicted molar refractivity (Wildman–Crippen MR) is 114 cm³/mol. The first kappa shape index (κ1) is 19.5.